The molecule has 156 valence electrons. The molecule has 0 bridgehead atoms. The number of allylic oxidation sites excluding steroid dienone is 1. The van der Waals surface area contributed by atoms with E-state index in [1.54, 1.807) is 0 Å². The van der Waals surface area contributed by atoms with Gasteiger partial charge in [0.05, 0.1) is 18.8 Å². The molecular weight excluding hydrogens is 368 g/mol. The lowest BCUT2D eigenvalue weighted by molar-refractivity contribution is -0.142. The van der Waals surface area contributed by atoms with Crippen LogP contribution in [0, 0.1) is 23.7 Å². The summed E-state index contributed by atoms with van der Waals surface area (Å²) in [5, 5.41) is 29.9. The molecule has 5 atom stereocenters. The Morgan fingerprint density at radius 2 is 1.93 bits per heavy atom. The minimum Gasteiger partial charge on any atom is -0.480 e. The van der Waals surface area contributed by atoms with Crippen LogP contribution < -0.4 is 0 Å². The number of fused-ring (bicyclic) bond motifs is 2. The monoisotopic (exact) mass is 398 g/mol. The Bertz CT molecular complexity index is 773. The molecule has 4 rings (SSSR count). The van der Waals surface area contributed by atoms with Crippen molar-refractivity contribution < 1.29 is 24.9 Å². The van der Waals surface area contributed by atoms with E-state index in [9.17, 15) is 15.0 Å². The number of carbonyl (C=O) groups is 1. The second-order valence-corrected chi connectivity index (χ2v) is 8.75. The molecule has 0 amide bonds. The number of rotatable bonds is 8. The van der Waals surface area contributed by atoms with Crippen LogP contribution in [-0.4, -0.2) is 46.7 Å². The molecule has 0 aliphatic heterocycles. The molecule has 3 N–H and O–H groups in total. The van der Waals surface area contributed by atoms with E-state index >= 15 is 0 Å². The average Bonchev–Trinajstić information content (AvgIpc) is 3.36. The number of carboxylic acid groups (broad SMARTS) is 1. The Hall–Kier alpha value is -1.95. The molecule has 1 unspecified atom stereocenters. The van der Waals surface area contributed by atoms with Gasteiger partial charge in [-0.3, -0.25) is 0 Å². The van der Waals surface area contributed by atoms with Crippen molar-refractivity contribution in [1.29, 1.82) is 0 Å². The molecule has 1 aromatic rings. The summed E-state index contributed by atoms with van der Waals surface area (Å²) in [5.41, 5.74) is 3.96. The second kappa shape index (κ2) is 8.82. The molecule has 1 aromatic carbocycles. The molecule has 3 aliphatic rings. The highest BCUT2D eigenvalue weighted by Crippen LogP contribution is 2.48. The molecule has 29 heavy (non-hydrogen) atoms. The van der Waals surface area contributed by atoms with Gasteiger partial charge in [-0.1, -0.05) is 48.1 Å². The van der Waals surface area contributed by atoms with Crippen molar-refractivity contribution >= 4 is 5.97 Å². The van der Waals surface area contributed by atoms with Crippen molar-refractivity contribution in [2.24, 2.45) is 23.7 Å². The van der Waals surface area contributed by atoms with Crippen molar-refractivity contribution in [2.75, 3.05) is 13.2 Å². The first-order chi connectivity index (χ1) is 14.0. The maximum absolute atomic E-state index is 10.7. The number of ether oxygens (including phenoxy) is 1. The van der Waals surface area contributed by atoms with Crippen molar-refractivity contribution in [3.05, 3.63) is 59.2 Å². The smallest absolute Gasteiger partial charge is 0.329 e. The Morgan fingerprint density at radius 1 is 1.21 bits per heavy atom. The van der Waals surface area contributed by atoms with E-state index in [-0.39, 0.29) is 24.5 Å². The average molecular weight is 398 g/mol. The first-order valence-electron chi connectivity index (χ1n) is 10.6. The normalized spacial score (nSPS) is 29.8. The molecule has 3 aliphatic carbocycles. The van der Waals surface area contributed by atoms with Gasteiger partial charge in [-0.25, -0.2) is 4.79 Å². The summed E-state index contributed by atoms with van der Waals surface area (Å²) >= 11 is 0. The lowest BCUT2D eigenvalue weighted by Gasteiger charge is -2.20. The van der Waals surface area contributed by atoms with Crippen LogP contribution in [0.4, 0.5) is 0 Å². The third-order valence-electron chi connectivity index (χ3n) is 6.84. The molecule has 1 fully saturated rings. The Kier molecular flexibility index (Phi) is 6.18. The summed E-state index contributed by atoms with van der Waals surface area (Å²) in [6.07, 6.45) is 9.56. The number of aliphatic hydroxyl groups is 2. The Morgan fingerprint density at radius 3 is 2.62 bits per heavy atom. The minimum atomic E-state index is -0.945. The summed E-state index contributed by atoms with van der Waals surface area (Å²) in [4.78, 5) is 10.5. The van der Waals surface area contributed by atoms with Crippen LogP contribution >= 0.6 is 0 Å². The second-order valence-electron chi connectivity index (χ2n) is 8.75. The highest BCUT2D eigenvalue weighted by molar-refractivity contribution is 5.67. The topological polar surface area (TPSA) is 87.0 Å². The third kappa shape index (κ3) is 4.63. The Balaban J connectivity index is 1.30. The zero-order chi connectivity index (χ0) is 20.4. The van der Waals surface area contributed by atoms with Gasteiger partial charge >= 0.3 is 5.97 Å². The van der Waals surface area contributed by atoms with Crippen LogP contribution in [-0.2, 0) is 22.4 Å². The number of hydrogen-bond acceptors (Lipinski definition) is 4. The standard InChI is InChI=1S/C24H30O5/c25-22(19-11-16-3-1-2-4-17(16)12-19)6-5-20-21-10-15(7-8-29-14-24(27)28)9-18(21)13-23(20)26/h1-6,9,18-23,25-26H,7-8,10-14H2,(H,27,28)/b6-5+/t18-,20+,21?,22+,23+/m0/s1. The predicted octanol–water partition coefficient (Wildman–Crippen LogP) is 2.75. The summed E-state index contributed by atoms with van der Waals surface area (Å²) in [7, 11) is 0. The van der Waals surface area contributed by atoms with Crippen molar-refractivity contribution in [3.8, 4) is 0 Å². The molecule has 5 nitrogen and oxygen atoms in total. The molecule has 1 saturated carbocycles. The summed E-state index contributed by atoms with van der Waals surface area (Å²) < 4.78 is 5.15. The maximum atomic E-state index is 10.7. The molecule has 0 spiro atoms. The van der Waals surface area contributed by atoms with Crippen LogP contribution in [0.5, 0.6) is 0 Å². The number of aliphatic hydroxyl groups excluding tert-OH is 2. The van der Waals surface area contributed by atoms with Crippen LogP contribution in [0.1, 0.15) is 30.4 Å². The van der Waals surface area contributed by atoms with Gasteiger partial charge in [-0.2, -0.15) is 0 Å². The van der Waals surface area contributed by atoms with Gasteiger partial charge in [0.2, 0.25) is 0 Å². The van der Waals surface area contributed by atoms with Crippen LogP contribution in [0.15, 0.2) is 48.1 Å². The molecule has 0 radical (unpaired) electrons. The van der Waals surface area contributed by atoms with Gasteiger partial charge in [-0.15, -0.1) is 0 Å². The number of hydrogen-bond donors (Lipinski definition) is 3. The van der Waals surface area contributed by atoms with Gasteiger partial charge < -0.3 is 20.1 Å². The SMILES string of the molecule is O=C(O)COCCC1=C[C@H]2C[C@@H](O)[C@H](/C=C/[C@@H](O)C3Cc4ccccc4C3)C2C1. The maximum Gasteiger partial charge on any atom is 0.329 e. The van der Waals surface area contributed by atoms with E-state index < -0.39 is 12.1 Å². The molecule has 5 heteroatoms. The zero-order valence-corrected chi connectivity index (χ0v) is 16.6. The van der Waals surface area contributed by atoms with Gasteiger partial charge in [0.15, 0.2) is 0 Å². The van der Waals surface area contributed by atoms with Crippen LogP contribution in [0.25, 0.3) is 0 Å². The predicted molar refractivity (Wildman–Crippen MR) is 109 cm³/mol. The van der Waals surface area contributed by atoms with Crippen molar-refractivity contribution in [1.82, 2.24) is 0 Å². The van der Waals surface area contributed by atoms with E-state index in [4.69, 9.17) is 9.84 Å². The lowest BCUT2D eigenvalue weighted by Crippen LogP contribution is -2.21. The van der Waals surface area contributed by atoms with E-state index in [1.165, 1.54) is 16.7 Å². The number of benzene rings is 1. The van der Waals surface area contributed by atoms with Gasteiger partial charge in [0.25, 0.3) is 0 Å². The lowest BCUT2D eigenvalue weighted by atomic mass is 9.88. The summed E-state index contributed by atoms with van der Waals surface area (Å²) in [6, 6.07) is 8.39. The van der Waals surface area contributed by atoms with Crippen LogP contribution in [0.2, 0.25) is 0 Å². The van der Waals surface area contributed by atoms with Gasteiger partial charge in [0.1, 0.15) is 6.61 Å². The fourth-order valence-corrected chi connectivity index (χ4v) is 5.39. The first kappa shape index (κ1) is 20.3. The highest BCUT2D eigenvalue weighted by atomic mass is 16.5. The molecular formula is C24H30O5. The molecule has 0 heterocycles. The largest absolute Gasteiger partial charge is 0.480 e. The summed E-state index contributed by atoms with van der Waals surface area (Å²) in [5.74, 6) is 0.0546. The first-order valence-corrected chi connectivity index (χ1v) is 10.6. The number of carboxylic acids is 1. The quantitative estimate of drug-likeness (QED) is 0.463. The van der Waals surface area contributed by atoms with Crippen molar-refractivity contribution in [2.45, 2.75) is 44.3 Å². The van der Waals surface area contributed by atoms with Gasteiger partial charge in [-0.05, 0) is 61.0 Å². The van der Waals surface area contributed by atoms with E-state index in [2.05, 4.69) is 30.3 Å². The zero-order valence-electron chi connectivity index (χ0n) is 16.6. The third-order valence-corrected chi connectivity index (χ3v) is 6.84. The van der Waals surface area contributed by atoms with E-state index in [1.807, 2.05) is 12.2 Å². The minimum absolute atomic E-state index is 0.0621. The Labute approximate surface area is 171 Å². The fraction of sp³-hybridized carbons (Fsp3) is 0.542. The summed E-state index contributed by atoms with van der Waals surface area (Å²) in [6.45, 7) is 0.161. The highest BCUT2D eigenvalue weighted by Gasteiger charge is 2.43. The van der Waals surface area contributed by atoms with Crippen LogP contribution in [0.3, 0.4) is 0 Å². The fourth-order valence-electron chi connectivity index (χ4n) is 5.39. The van der Waals surface area contributed by atoms with Gasteiger partial charge in [0, 0.05) is 5.92 Å². The van der Waals surface area contributed by atoms with E-state index in [0.717, 1.165) is 32.1 Å². The van der Waals surface area contributed by atoms with Crippen molar-refractivity contribution in [3.63, 3.8) is 0 Å². The van der Waals surface area contributed by atoms with E-state index in [0.29, 0.717) is 18.4 Å². The molecule has 0 saturated heterocycles. The molecule has 0 aromatic heterocycles. The number of aliphatic carboxylic acids is 1.